The Bertz CT molecular complexity index is 1050. The van der Waals surface area contributed by atoms with E-state index in [1.54, 1.807) is 19.1 Å². The lowest BCUT2D eigenvalue weighted by atomic mass is 9.86. The van der Waals surface area contributed by atoms with Crippen LogP contribution in [0.25, 0.3) is 0 Å². The summed E-state index contributed by atoms with van der Waals surface area (Å²) in [5, 5.41) is 9.26. The molecule has 1 aliphatic heterocycles. The molecule has 36 heavy (non-hydrogen) atoms. The van der Waals surface area contributed by atoms with E-state index in [-0.39, 0.29) is 35.2 Å². The number of piperidine rings is 1. The number of benzene rings is 2. The Hall–Kier alpha value is -2.52. The van der Waals surface area contributed by atoms with Crippen molar-refractivity contribution in [1.82, 2.24) is 4.90 Å². The minimum Gasteiger partial charge on any atom is -0.481 e. The van der Waals surface area contributed by atoms with Crippen molar-refractivity contribution >= 4 is 5.97 Å². The molecule has 4 rings (SSSR count). The molecular weight excluding hydrogens is 481 g/mol. The number of hydrogen-bond donors (Lipinski definition) is 1. The molecule has 4 nitrogen and oxygen atoms in total. The molecule has 0 aromatic heterocycles. The number of carboxylic acid groups (broad SMARTS) is 1. The lowest BCUT2D eigenvalue weighted by Crippen LogP contribution is -2.40. The van der Waals surface area contributed by atoms with Crippen LogP contribution in [-0.2, 0) is 15.7 Å². The number of hydrogen-bond acceptors (Lipinski definition) is 3. The van der Waals surface area contributed by atoms with E-state index in [4.69, 9.17) is 4.74 Å². The van der Waals surface area contributed by atoms with Gasteiger partial charge in [-0.15, -0.1) is 0 Å². The zero-order valence-corrected chi connectivity index (χ0v) is 20.0. The molecular formula is C27H30F5NO3. The third kappa shape index (κ3) is 6.24. The van der Waals surface area contributed by atoms with Gasteiger partial charge in [0, 0.05) is 12.5 Å². The summed E-state index contributed by atoms with van der Waals surface area (Å²) in [6.45, 7) is 3.69. The quantitative estimate of drug-likeness (QED) is 0.436. The summed E-state index contributed by atoms with van der Waals surface area (Å²) < 4.78 is 73.5. The molecule has 0 spiro atoms. The Kier molecular flexibility index (Phi) is 7.99. The van der Waals surface area contributed by atoms with Crippen LogP contribution in [-0.4, -0.2) is 41.7 Å². The number of rotatable bonds is 7. The highest BCUT2D eigenvalue weighted by atomic mass is 19.4. The van der Waals surface area contributed by atoms with Crippen molar-refractivity contribution < 1.29 is 36.6 Å². The van der Waals surface area contributed by atoms with Gasteiger partial charge in [0.05, 0.1) is 23.7 Å². The van der Waals surface area contributed by atoms with Gasteiger partial charge >= 0.3 is 12.1 Å². The first-order valence-corrected chi connectivity index (χ1v) is 12.2. The average Bonchev–Trinajstić information content (AvgIpc) is 3.20. The van der Waals surface area contributed by atoms with E-state index in [0.717, 1.165) is 30.7 Å². The molecule has 2 aromatic rings. The van der Waals surface area contributed by atoms with Gasteiger partial charge in [-0.25, -0.2) is 8.78 Å². The second-order valence-corrected chi connectivity index (χ2v) is 9.92. The molecule has 1 saturated heterocycles. The third-order valence-electron chi connectivity index (χ3n) is 7.51. The van der Waals surface area contributed by atoms with Crippen LogP contribution in [0.15, 0.2) is 42.5 Å². The standard InChI is InChI=1S/C27H30F5NO3/c1-16(20-12-21(27(30,31)32)14-23(29)13-20)36-24-7-4-19(25(24)17-2-5-22(28)6-3-17)15-33-10-8-18(9-11-33)26(34)35/h2-3,5-6,12-14,16,18-19,24-25H,4,7-11,15H2,1H3,(H,34,35). The molecule has 9 heteroatoms. The molecule has 0 radical (unpaired) electrons. The topological polar surface area (TPSA) is 49.8 Å². The van der Waals surface area contributed by atoms with E-state index >= 15 is 0 Å². The number of nitrogens with zero attached hydrogens (tertiary/aromatic N) is 1. The van der Waals surface area contributed by atoms with Crippen molar-refractivity contribution in [2.45, 2.75) is 56.9 Å². The lowest BCUT2D eigenvalue weighted by molar-refractivity contribution is -0.143. The summed E-state index contributed by atoms with van der Waals surface area (Å²) in [7, 11) is 0. The minimum absolute atomic E-state index is 0.111. The Morgan fingerprint density at radius 3 is 2.31 bits per heavy atom. The number of halogens is 5. The lowest BCUT2D eigenvalue weighted by Gasteiger charge is -2.35. The molecule has 2 aliphatic rings. The fourth-order valence-corrected chi connectivity index (χ4v) is 5.62. The first kappa shape index (κ1) is 26.5. The number of carboxylic acids is 1. The fraction of sp³-hybridized carbons (Fsp3) is 0.519. The van der Waals surface area contributed by atoms with Crippen molar-refractivity contribution in [3.63, 3.8) is 0 Å². The molecule has 0 amide bonds. The van der Waals surface area contributed by atoms with Crippen LogP contribution in [0.2, 0.25) is 0 Å². The molecule has 0 bridgehead atoms. The normalized spacial score (nSPS) is 24.7. The second kappa shape index (κ2) is 10.8. The third-order valence-corrected chi connectivity index (χ3v) is 7.51. The van der Waals surface area contributed by atoms with Gasteiger partial charge in [-0.3, -0.25) is 4.79 Å². The van der Waals surface area contributed by atoms with E-state index in [2.05, 4.69) is 4.90 Å². The van der Waals surface area contributed by atoms with Gasteiger partial charge in [0.25, 0.3) is 0 Å². The minimum atomic E-state index is -4.67. The summed E-state index contributed by atoms with van der Waals surface area (Å²) in [6, 6.07) is 8.62. The second-order valence-electron chi connectivity index (χ2n) is 9.92. The average molecular weight is 512 g/mol. The number of ether oxygens (including phenoxy) is 1. The van der Waals surface area contributed by atoms with Gasteiger partial charge < -0.3 is 14.7 Å². The number of likely N-dealkylation sites (tertiary alicyclic amines) is 1. The zero-order valence-electron chi connectivity index (χ0n) is 20.0. The molecule has 4 unspecified atom stereocenters. The van der Waals surface area contributed by atoms with E-state index in [0.29, 0.717) is 38.4 Å². The summed E-state index contributed by atoms with van der Waals surface area (Å²) in [5.41, 5.74) is -0.0665. The highest BCUT2D eigenvalue weighted by Crippen LogP contribution is 2.44. The van der Waals surface area contributed by atoms with Crippen LogP contribution < -0.4 is 0 Å². The maximum Gasteiger partial charge on any atom is 0.416 e. The van der Waals surface area contributed by atoms with Crippen molar-refractivity contribution in [3.8, 4) is 0 Å². The van der Waals surface area contributed by atoms with Gasteiger partial charge in [0.2, 0.25) is 0 Å². The monoisotopic (exact) mass is 511 g/mol. The molecule has 1 aliphatic carbocycles. The van der Waals surface area contributed by atoms with Crippen LogP contribution >= 0.6 is 0 Å². The molecule has 4 atom stereocenters. The van der Waals surface area contributed by atoms with Crippen molar-refractivity contribution in [2.75, 3.05) is 19.6 Å². The molecule has 1 saturated carbocycles. The first-order chi connectivity index (χ1) is 17.0. The van der Waals surface area contributed by atoms with Gasteiger partial charge in [0.15, 0.2) is 0 Å². The smallest absolute Gasteiger partial charge is 0.416 e. The predicted octanol–water partition coefficient (Wildman–Crippen LogP) is 6.42. The van der Waals surface area contributed by atoms with Gasteiger partial charge in [-0.2, -0.15) is 13.2 Å². The maximum atomic E-state index is 14.0. The van der Waals surface area contributed by atoms with E-state index in [9.17, 15) is 31.9 Å². The van der Waals surface area contributed by atoms with E-state index in [1.807, 2.05) is 0 Å². The largest absolute Gasteiger partial charge is 0.481 e. The van der Waals surface area contributed by atoms with Crippen LogP contribution in [0.1, 0.15) is 61.3 Å². The molecule has 2 aromatic carbocycles. The fourth-order valence-electron chi connectivity index (χ4n) is 5.62. The Labute approximate surface area is 207 Å². The number of alkyl halides is 3. The summed E-state index contributed by atoms with van der Waals surface area (Å²) >= 11 is 0. The SMILES string of the molecule is CC(OC1CCC(CN2CCC(C(=O)O)CC2)C1c1ccc(F)cc1)c1cc(F)cc(C(F)(F)F)c1. The predicted molar refractivity (Wildman–Crippen MR) is 123 cm³/mol. The van der Waals surface area contributed by atoms with Crippen LogP contribution in [0.4, 0.5) is 22.0 Å². The van der Waals surface area contributed by atoms with Crippen molar-refractivity contribution in [2.24, 2.45) is 11.8 Å². The Balaban J connectivity index is 1.52. The van der Waals surface area contributed by atoms with Crippen molar-refractivity contribution in [1.29, 1.82) is 0 Å². The molecule has 196 valence electrons. The highest BCUT2D eigenvalue weighted by Gasteiger charge is 2.40. The first-order valence-electron chi connectivity index (χ1n) is 12.2. The summed E-state index contributed by atoms with van der Waals surface area (Å²) in [5.74, 6) is -2.42. The highest BCUT2D eigenvalue weighted by molar-refractivity contribution is 5.70. The van der Waals surface area contributed by atoms with Gasteiger partial charge in [-0.05, 0) is 93.1 Å². The van der Waals surface area contributed by atoms with Crippen LogP contribution in [0.5, 0.6) is 0 Å². The van der Waals surface area contributed by atoms with Crippen LogP contribution in [0.3, 0.4) is 0 Å². The summed E-state index contributed by atoms with van der Waals surface area (Å²) in [4.78, 5) is 13.5. The maximum absolute atomic E-state index is 14.0. The van der Waals surface area contributed by atoms with E-state index in [1.165, 1.54) is 12.1 Å². The zero-order chi connectivity index (χ0) is 26.0. The van der Waals surface area contributed by atoms with E-state index < -0.39 is 29.6 Å². The Morgan fingerprint density at radius 1 is 1.03 bits per heavy atom. The molecule has 1 N–H and O–H groups in total. The number of aliphatic carboxylic acids is 1. The molecule has 2 fully saturated rings. The summed E-state index contributed by atoms with van der Waals surface area (Å²) in [6.07, 6.45) is -3.16. The van der Waals surface area contributed by atoms with Crippen LogP contribution in [0, 0.1) is 23.5 Å². The van der Waals surface area contributed by atoms with Gasteiger partial charge in [-0.1, -0.05) is 12.1 Å². The van der Waals surface area contributed by atoms with Gasteiger partial charge in [0.1, 0.15) is 11.6 Å². The molecule has 1 heterocycles. The Morgan fingerprint density at radius 2 is 1.69 bits per heavy atom. The number of carbonyl (C=O) groups is 1. The van der Waals surface area contributed by atoms with Crippen molar-refractivity contribution in [3.05, 3.63) is 70.8 Å².